The first-order valence-corrected chi connectivity index (χ1v) is 7.44. The Hall–Kier alpha value is -1.72. The van der Waals surface area contributed by atoms with Gasteiger partial charge < -0.3 is 14.5 Å². The molecule has 2 heterocycles. The van der Waals surface area contributed by atoms with Gasteiger partial charge in [0, 0.05) is 25.5 Å². The van der Waals surface area contributed by atoms with Gasteiger partial charge in [0.25, 0.3) is 0 Å². The average Bonchev–Trinajstić information content (AvgIpc) is 3.05. The van der Waals surface area contributed by atoms with Crippen LogP contribution in [0, 0.1) is 5.92 Å². The number of hydrogen-bond donors (Lipinski definition) is 1. The van der Waals surface area contributed by atoms with Gasteiger partial charge in [0.1, 0.15) is 6.26 Å². The number of fused-ring (bicyclic) bond motifs is 1. The molecule has 0 amide bonds. The Morgan fingerprint density at radius 3 is 3.24 bits per heavy atom. The van der Waals surface area contributed by atoms with E-state index >= 15 is 0 Å². The van der Waals surface area contributed by atoms with Crippen molar-refractivity contribution < 1.29 is 9.15 Å². The first-order valence-electron chi connectivity index (χ1n) is 7.44. The molecule has 0 radical (unpaired) electrons. The Kier molecular flexibility index (Phi) is 4.62. The number of nitrogens with one attached hydrogen (secondary N) is 1. The monoisotopic (exact) mass is 287 g/mol. The Labute approximate surface area is 124 Å². The Bertz CT molecular complexity index is 569. The molecule has 5 nitrogen and oxygen atoms in total. The third kappa shape index (κ3) is 3.49. The molecule has 0 bridgehead atoms. The molecule has 3 rings (SSSR count). The fourth-order valence-electron chi connectivity index (χ4n) is 2.77. The highest BCUT2D eigenvalue weighted by Crippen LogP contribution is 2.25. The standard InChI is InChI=1S/C16H21N3O2/c1-20-7-5-17-9-12-2-3-15-14(8-12)10-18-16(19-15)13-4-6-21-11-13/h4,6,10-12,17H,2-3,5,7-9H2,1H3. The highest BCUT2D eigenvalue weighted by molar-refractivity contribution is 5.52. The summed E-state index contributed by atoms with van der Waals surface area (Å²) in [6, 6.07) is 1.90. The maximum absolute atomic E-state index is 5.10. The van der Waals surface area contributed by atoms with Crippen molar-refractivity contribution in [1.29, 1.82) is 0 Å². The van der Waals surface area contributed by atoms with Crippen LogP contribution >= 0.6 is 0 Å². The molecule has 21 heavy (non-hydrogen) atoms. The van der Waals surface area contributed by atoms with Gasteiger partial charge in [0.15, 0.2) is 5.82 Å². The molecule has 2 aromatic heterocycles. The van der Waals surface area contributed by atoms with Crippen LogP contribution in [-0.2, 0) is 17.6 Å². The lowest BCUT2D eigenvalue weighted by molar-refractivity contribution is 0.197. The highest BCUT2D eigenvalue weighted by atomic mass is 16.5. The highest BCUT2D eigenvalue weighted by Gasteiger charge is 2.20. The fraction of sp³-hybridized carbons (Fsp3) is 0.500. The smallest absolute Gasteiger partial charge is 0.162 e. The summed E-state index contributed by atoms with van der Waals surface area (Å²) < 4.78 is 10.1. The third-order valence-electron chi connectivity index (χ3n) is 3.95. The van der Waals surface area contributed by atoms with Crippen LogP contribution in [0.5, 0.6) is 0 Å². The van der Waals surface area contributed by atoms with Crippen LogP contribution in [-0.4, -0.2) is 36.8 Å². The number of aromatic nitrogens is 2. The minimum atomic E-state index is 0.665. The van der Waals surface area contributed by atoms with Gasteiger partial charge in [-0.25, -0.2) is 9.97 Å². The summed E-state index contributed by atoms with van der Waals surface area (Å²) >= 11 is 0. The van der Waals surface area contributed by atoms with Gasteiger partial charge in [-0.05, 0) is 43.4 Å². The van der Waals surface area contributed by atoms with Crippen LogP contribution in [0.1, 0.15) is 17.7 Å². The van der Waals surface area contributed by atoms with E-state index in [9.17, 15) is 0 Å². The first kappa shape index (κ1) is 14.2. The molecule has 0 saturated heterocycles. The van der Waals surface area contributed by atoms with Crippen LogP contribution in [0.25, 0.3) is 11.4 Å². The van der Waals surface area contributed by atoms with E-state index in [2.05, 4.69) is 15.3 Å². The molecular weight excluding hydrogens is 266 g/mol. The van der Waals surface area contributed by atoms with E-state index in [1.54, 1.807) is 19.6 Å². The molecule has 1 aliphatic rings. The van der Waals surface area contributed by atoms with E-state index in [1.165, 1.54) is 17.7 Å². The maximum Gasteiger partial charge on any atom is 0.162 e. The van der Waals surface area contributed by atoms with E-state index in [-0.39, 0.29) is 0 Å². The number of ether oxygens (including phenoxy) is 1. The second-order valence-corrected chi connectivity index (χ2v) is 5.48. The number of methoxy groups -OCH3 is 1. The lowest BCUT2D eigenvalue weighted by Gasteiger charge is -2.24. The van der Waals surface area contributed by atoms with Gasteiger partial charge in [-0.3, -0.25) is 0 Å². The molecule has 5 heteroatoms. The molecule has 0 spiro atoms. The zero-order chi connectivity index (χ0) is 14.5. The lowest BCUT2D eigenvalue weighted by atomic mass is 9.87. The van der Waals surface area contributed by atoms with Crippen molar-refractivity contribution >= 4 is 0 Å². The van der Waals surface area contributed by atoms with E-state index in [0.717, 1.165) is 43.9 Å². The summed E-state index contributed by atoms with van der Waals surface area (Å²) in [4.78, 5) is 9.16. The van der Waals surface area contributed by atoms with Gasteiger partial charge in [-0.1, -0.05) is 0 Å². The average molecular weight is 287 g/mol. The SMILES string of the molecule is COCCNCC1CCc2nc(-c3ccoc3)ncc2C1. The Balaban J connectivity index is 1.62. The molecule has 2 aromatic rings. The molecular formula is C16H21N3O2. The van der Waals surface area contributed by atoms with Crippen molar-refractivity contribution in [3.63, 3.8) is 0 Å². The second-order valence-electron chi connectivity index (χ2n) is 5.48. The molecule has 0 aromatic carbocycles. The fourth-order valence-corrected chi connectivity index (χ4v) is 2.77. The summed E-state index contributed by atoms with van der Waals surface area (Å²) in [5, 5.41) is 3.44. The molecule has 1 aliphatic carbocycles. The van der Waals surface area contributed by atoms with Gasteiger partial charge in [0.05, 0.1) is 18.4 Å². The minimum absolute atomic E-state index is 0.665. The first-order chi connectivity index (χ1) is 10.4. The number of hydrogen-bond acceptors (Lipinski definition) is 5. The van der Waals surface area contributed by atoms with Crippen molar-refractivity contribution in [2.75, 3.05) is 26.8 Å². The molecule has 0 saturated carbocycles. The maximum atomic E-state index is 5.10. The van der Waals surface area contributed by atoms with Crippen molar-refractivity contribution in [3.8, 4) is 11.4 Å². The second kappa shape index (κ2) is 6.83. The van der Waals surface area contributed by atoms with Crippen LogP contribution in [0.2, 0.25) is 0 Å². The van der Waals surface area contributed by atoms with Crippen LogP contribution < -0.4 is 5.32 Å². The van der Waals surface area contributed by atoms with Crippen LogP contribution in [0.3, 0.4) is 0 Å². The lowest BCUT2D eigenvalue weighted by Crippen LogP contribution is -2.30. The van der Waals surface area contributed by atoms with E-state index in [4.69, 9.17) is 9.15 Å². The summed E-state index contributed by atoms with van der Waals surface area (Å²) in [5.41, 5.74) is 3.42. The van der Waals surface area contributed by atoms with Crippen molar-refractivity contribution in [2.24, 2.45) is 5.92 Å². The molecule has 1 N–H and O–H groups in total. The minimum Gasteiger partial charge on any atom is -0.472 e. The number of rotatable bonds is 6. The Morgan fingerprint density at radius 2 is 2.43 bits per heavy atom. The predicted molar refractivity (Wildman–Crippen MR) is 80.0 cm³/mol. The Morgan fingerprint density at radius 1 is 1.48 bits per heavy atom. The largest absolute Gasteiger partial charge is 0.472 e. The molecule has 0 aliphatic heterocycles. The molecule has 112 valence electrons. The third-order valence-corrected chi connectivity index (χ3v) is 3.95. The predicted octanol–water partition coefficient (Wildman–Crippen LogP) is 2.08. The van der Waals surface area contributed by atoms with Crippen LogP contribution in [0.15, 0.2) is 29.2 Å². The van der Waals surface area contributed by atoms with Gasteiger partial charge in [0.2, 0.25) is 0 Å². The van der Waals surface area contributed by atoms with Crippen molar-refractivity contribution in [3.05, 3.63) is 36.0 Å². The quantitative estimate of drug-likeness (QED) is 0.824. The van der Waals surface area contributed by atoms with Crippen molar-refractivity contribution in [1.82, 2.24) is 15.3 Å². The van der Waals surface area contributed by atoms with Gasteiger partial charge in [-0.15, -0.1) is 0 Å². The topological polar surface area (TPSA) is 60.2 Å². The molecule has 1 atom stereocenters. The zero-order valence-corrected chi connectivity index (χ0v) is 12.3. The number of nitrogens with zero attached hydrogens (tertiary/aromatic N) is 2. The summed E-state index contributed by atoms with van der Waals surface area (Å²) in [5.74, 6) is 1.43. The zero-order valence-electron chi connectivity index (χ0n) is 12.3. The summed E-state index contributed by atoms with van der Waals surface area (Å²) in [6.45, 7) is 2.71. The van der Waals surface area contributed by atoms with E-state index < -0.39 is 0 Å². The van der Waals surface area contributed by atoms with Gasteiger partial charge >= 0.3 is 0 Å². The van der Waals surface area contributed by atoms with Crippen molar-refractivity contribution in [2.45, 2.75) is 19.3 Å². The number of furan rings is 1. The van der Waals surface area contributed by atoms with E-state index in [0.29, 0.717) is 5.92 Å². The summed E-state index contributed by atoms with van der Waals surface area (Å²) in [7, 11) is 1.73. The normalized spacial score (nSPS) is 17.7. The number of aryl methyl sites for hydroxylation is 1. The summed E-state index contributed by atoms with van der Waals surface area (Å²) in [6.07, 6.45) is 8.58. The van der Waals surface area contributed by atoms with Crippen LogP contribution in [0.4, 0.5) is 0 Å². The molecule has 1 unspecified atom stereocenters. The van der Waals surface area contributed by atoms with Gasteiger partial charge in [-0.2, -0.15) is 0 Å². The van der Waals surface area contributed by atoms with E-state index in [1.807, 2.05) is 12.3 Å². The molecule has 0 fully saturated rings.